The van der Waals surface area contributed by atoms with Crippen LogP contribution in [0.25, 0.3) is 0 Å². The molecule has 0 bridgehead atoms. The molecule has 1 amide bonds. The lowest BCUT2D eigenvalue weighted by molar-refractivity contribution is -0.141. The van der Waals surface area contributed by atoms with E-state index in [1.807, 2.05) is 0 Å². The first-order valence-corrected chi connectivity index (χ1v) is 5.54. The third-order valence-electron chi connectivity index (χ3n) is 2.00. The summed E-state index contributed by atoms with van der Waals surface area (Å²) in [5.74, 6) is -1.95. The highest BCUT2D eigenvalue weighted by Crippen LogP contribution is 2.07. The lowest BCUT2D eigenvalue weighted by Crippen LogP contribution is -2.47. The van der Waals surface area contributed by atoms with E-state index < -0.39 is 24.0 Å². The Balaban J connectivity index is 2.77. The van der Waals surface area contributed by atoms with Crippen molar-refractivity contribution in [3.05, 3.63) is 28.5 Å². The summed E-state index contributed by atoms with van der Waals surface area (Å²) >= 11 is 3.16. The number of aliphatic hydroxyl groups is 1. The molecule has 1 rings (SSSR count). The van der Waals surface area contributed by atoms with Crippen LogP contribution in [0.1, 0.15) is 17.4 Å². The van der Waals surface area contributed by atoms with Crippen molar-refractivity contribution in [2.45, 2.75) is 19.1 Å². The Kier molecular flexibility index (Phi) is 4.59. The summed E-state index contributed by atoms with van der Waals surface area (Å²) in [5.41, 5.74) is 0.0834. The molecule has 0 aliphatic rings. The molecule has 1 heterocycles. The molecule has 1 aromatic heterocycles. The maximum atomic E-state index is 11.6. The molecule has 2 unspecified atom stereocenters. The molecule has 0 saturated carbocycles. The van der Waals surface area contributed by atoms with E-state index in [-0.39, 0.29) is 5.69 Å². The number of rotatable bonds is 4. The molecule has 0 saturated heterocycles. The number of hydrogen-bond acceptors (Lipinski definition) is 4. The summed E-state index contributed by atoms with van der Waals surface area (Å²) in [7, 11) is 0. The van der Waals surface area contributed by atoms with Gasteiger partial charge in [-0.3, -0.25) is 4.79 Å². The quantitative estimate of drug-likeness (QED) is 0.748. The Morgan fingerprint density at radius 2 is 2.12 bits per heavy atom. The molecular formula is C10H11BrN2O4. The fourth-order valence-corrected chi connectivity index (χ4v) is 1.35. The van der Waals surface area contributed by atoms with Crippen LogP contribution in [0.5, 0.6) is 0 Å². The molecule has 7 heteroatoms. The summed E-state index contributed by atoms with van der Waals surface area (Å²) in [5, 5.41) is 20.2. The van der Waals surface area contributed by atoms with Crippen LogP contribution in [0.15, 0.2) is 22.8 Å². The van der Waals surface area contributed by atoms with Gasteiger partial charge >= 0.3 is 5.97 Å². The number of aromatic nitrogens is 1. The van der Waals surface area contributed by atoms with E-state index in [9.17, 15) is 14.7 Å². The van der Waals surface area contributed by atoms with Crippen molar-refractivity contribution in [1.82, 2.24) is 10.3 Å². The van der Waals surface area contributed by atoms with Gasteiger partial charge in [0.15, 0.2) is 6.04 Å². The number of hydrogen-bond donors (Lipinski definition) is 3. The number of carboxylic acid groups (broad SMARTS) is 1. The molecule has 0 fully saturated rings. The van der Waals surface area contributed by atoms with Gasteiger partial charge in [-0.1, -0.05) is 0 Å². The van der Waals surface area contributed by atoms with Crippen molar-refractivity contribution < 1.29 is 19.8 Å². The minimum absolute atomic E-state index is 0.0834. The predicted octanol–water partition coefficient (Wildman–Crippen LogP) is 0.408. The topological polar surface area (TPSA) is 99.5 Å². The lowest BCUT2D eigenvalue weighted by Gasteiger charge is -2.16. The first kappa shape index (κ1) is 13.6. The van der Waals surface area contributed by atoms with Crippen LogP contribution < -0.4 is 5.32 Å². The van der Waals surface area contributed by atoms with E-state index in [2.05, 4.69) is 26.2 Å². The maximum Gasteiger partial charge on any atom is 0.328 e. The minimum Gasteiger partial charge on any atom is -0.480 e. The molecule has 0 spiro atoms. The lowest BCUT2D eigenvalue weighted by atomic mass is 10.2. The van der Waals surface area contributed by atoms with Gasteiger partial charge in [-0.15, -0.1) is 0 Å². The van der Waals surface area contributed by atoms with Crippen molar-refractivity contribution in [3.63, 3.8) is 0 Å². The zero-order valence-electron chi connectivity index (χ0n) is 8.92. The van der Waals surface area contributed by atoms with Crippen molar-refractivity contribution in [2.24, 2.45) is 0 Å². The molecule has 17 heavy (non-hydrogen) atoms. The van der Waals surface area contributed by atoms with Gasteiger partial charge in [0.05, 0.1) is 6.10 Å². The third-order valence-corrected chi connectivity index (χ3v) is 2.46. The normalized spacial score (nSPS) is 13.8. The largest absolute Gasteiger partial charge is 0.480 e. The molecule has 2 atom stereocenters. The number of carboxylic acids is 1. The Morgan fingerprint density at radius 1 is 1.47 bits per heavy atom. The highest BCUT2D eigenvalue weighted by atomic mass is 79.9. The SMILES string of the molecule is CC(O)C(NC(=O)c1ccc(Br)cn1)C(=O)O. The molecule has 3 N–H and O–H groups in total. The number of nitrogens with one attached hydrogen (secondary N) is 1. The number of pyridine rings is 1. The van der Waals surface area contributed by atoms with Crippen molar-refractivity contribution in [2.75, 3.05) is 0 Å². The monoisotopic (exact) mass is 302 g/mol. The van der Waals surface area contributed by atoms with Gasteiger partial charge in [-0.05, 0) is 35.0 Å². The minimum atomic E-state index is -1.35. The van der Waals surface area contributed by atoms with E-state index in [4.69, 9.17) is 5.11 Å². The second kappa shape index (κ2) is 5.74. The smallest absolute Gasteiger partial charge is 0.328 e. The average Bonchev–Trinajstić information content (AvgIpc) is 2.25. The molecule has 0 radical (unpaired) electrons. The Morgan fingerprint density at radius 3 is 2.53 bits per heavy atom. The summed E-state index contributed by atoms with van der Waals surface area (Å²) in [6.45, 7) is 1.29. The van der Waals surface area contributed by atoms with Crippen LogP contribution in [-0.4, -0.2) is 39.2 Å². The van der Waals surface area contributed by atoms with Crippen LogP contribution in [0.2, 0.25) is 0 Å². The molecular weight excluding hydrogens is 292 g/mol. The number of amides is 1. The van der Waals surface area contributed by atoms with Gasteiger partial charge in [-0.25, -0.2) is 9.78 Å². The Bertz CT molecular complexity index is 419. The molecule has 1 aromatic rings. The summed E-state index contributed by atoms with van der Waals surface area (Å²) in [6, 6.07) is 1.70. The van der Waals surface area contributed by atoms with Crippen LogP contribution in [0, 0.1) is 0 Å². The van der Waals surface area contributed by atoms with Gasteiger partial charge < -0.3 is 15.5 Å². The third kappa shape index (κ3) is 3.79. The van der Waals surface area contributed by atoms with Gasteiger partial charge in [0.2, 0.25) is 0 Å². The van der Waals surface area contributed by atoms with Gasteiger partial charge in [0, 0.05) is 10.7 Å². The van der Waals surface area contributed by atoms with E-state index >= 15 is 0 Å². The highest BCUT2D eigenvalue weighted by molar-refractivity contribution is 9.10. The summed E-state index contributed by atoms with van der Waals surface area (Å²) in [4.78, 5) is 26.2. The van der Waals surface area contributed by atoms with Crippen molar-refractivity contribution in [3.8, 4) is 0 Å². The molecule has 92 valence electrons. The number of nitrogens with zero attached hydrogens (tertiary/aromatic N) is 1. The highest BCUT2D eigenvalue weighted by Gasteiger charge is 2.25. The first-order valence-electron chi connectivity index (χ1n) is 4.75. The predicted molar refractivity (Wildman–Crippen MR) is 62.5 cm³/mol. The summed E-state index contributed by atoms with van der Waals surface area (Å²) in [6.07, 6.45) is 0.236. The van der Waals surface area contributed by atoms with Crippen molar-refractivity contribution in [1.29, 1.82) is 0 Å². The van der Waals surface area contributed by atoms with Crippen LogP contribution in [0.3, 0.4) is 0 Å². The van der Waals surface area contributed by atoms with Gasteiger partial charge in [0.25, 0.3) is 5.91 Å². The summed E-state index contributed by atoms with van der Waals surface area (Å²) < 4.78 is 0.708. The van der Waals surface area contributed by atoms with Gasteiger partial charge in [-0.2, -0.15) is 0 Å². The number of aliphatic hydroxyl groups excluding tert-OH is 1. The van der Waals surface area contributed by atoms with E-state index in [0.717, 1.165) is 0 Å². The van der Waals surface area contributed by atoms with Crippen LogP contribution in [0.4, 0.5) is 0 Å². The second-order valence-corrected chi connectivity index (χ2v) is 4.31. The van der Waals surface area contributed by atoms with Crippen LogP contribution in [-0.2, 0) is 4.79 Å². The van der Waals surface area contributed by atoms with Gasteiger partial charge in [0.1, 0.15) is 5.69 Å². The zero-order chi connectivity index (χ0) is 13.0. The van der Waals surface area contributed by atoms with E-state index in [1.54, 1.807) is 6.07 Å². The number of carbonyl (C=O) groups excluding carboxylic acids is 1. The Hall–Kier alpha value is -1.47. The Labute approximate surface area is 106 Å². The fourth-order valence-electron chi connectivity index (χ4n) is 1.11. The molecule has 0 aromatic carbocycles. The second-order valence-electron chi connectivity index (χ2n) is 3.39. The molecule has 0 aliphatic carbocycles. The number of carbonyl (C=O) groups is 2. The standard InChI is InChI=1S/C10H11BrN2O4/c1-5(14)8(10(16)17)13-9(15)7-3-2-6(11)4-12-7/h2-5,8,14H,1H3,(H,13,15)(H,16,17). The van der Waals surface area contributed by atoms with E-state index in [1.165, 1.54) is 19.2 Å². The van der Waals surface area contributed by atoms with Crippen LogP contribution >= 0.6 is 15.9 Å². The number of halogens is 1. The van der Waals surface area contributed by atoms with E-state index in [0.29, 0.717) is 4.47 Å². The average molecular weight is 303 g/mol. The number of aliphatic carboxylic acids is 1. The zero-order valence-corrected chi connectivity index (χ0v) is 10.5. The first-order chi connectivity index (χ1) is 7.91. The maximum absolute atomic E-state index is 11.6. The fraction of sp³-hybridized carbons (Fsp3) is 0.300. The van der Waals surface area contributed by atoms with Crippen molar-refractivity contribution >= 4 is 27.8 Å². The molecule has 6 nitrogen and oxygen atoms in total. The molecule has 0 aliphatic heterocycles.